The summed E-state index contributed by atoms with van der Waals surface area (Å²) in [6.45, 7) is 5.53. The van der Waals surface area contributed by atoms with E-state index in [1.165, 1.54) is 12.1 Å². The first-order chi connectivity index (χ1) is 11.0. The van der Waals surface area contributed by atoms with Crippen molar-refractivity contribution in [2.45, 2.75) is 39.3 Å². The number of methoxy groups -OCH3 is 1. The van der Waals surface area contributed by atoms with Gasteiger partial charge >= 0.3 is 12.0 Å². The fourth-order valence-electron chi connectivity index (χ4n) is 2.41. The number of rotatable bonds is 9. The molecule has 1 aromatic carbocycles. The van der Waals surface area contributed by atoms with Gasteiger partial charge in [-0.1, -0.05) is 26.0 Å². The number of hydrogen-bond donors (Lipinski definition) is 2. The third-order valence-corrected chi connectivity index (χ3v) is 3.83. The molecule has 1 aromatic rings. The predicted octanol–water partition coefficient (Wildman–Crippen LogP) is 2.73. The van der Waals surface area contributed by atoms with E-state index in [-0.39, 0.29) is 17.6 Å². The van der Waals surface area contributed by atoms with E-state index in [2.05, 4.69) is 19.2 Å². The fourth-order valence-corrected chi connectivity index (χ4v) is 2.41. The van der Waals surface area contributed by atoms with Gasteiger partial charge in [0, 0.05) is 26.2 Å². The lowest BCUT2D eigenvalue weighted by Gasteiger charge is -2.30. The van der Waals surface area contributed by atoms with Crippen LogP contribution in [0.3, 0.4) is 0 Å². The van der Waals surface area contributed by atoms with Gasteiger partial charge in [-0.3, -0.25) is 0 Å². The summed E-state index contributed by atoms with van der Waals surface area (Å²) in [5, 5.41) is 11.8. The van der Waals surface area contributed by atoms with Crippen molar-refractivity contribution in [2.24, 2.45) is 0 Å². The number of nitrogens with one attached hydrogen (secondary N) is 1. The molecule has 0 saturated heterocycles. The molecule has 6 nitrogen and oxygen atoms in total. The second kappa shape index (κ2) is 9.84. The second-order valence-electron chi connectivity index (χ2n) is 5.32. The molecule has 6 heteroatoms. The summed E-state index contributed by atoms with van der Waals surface area (Å²) in [6, 6.07) is 6.54. The van der Waals surface area contributed by atoms with Crippen LogP contribution in [-0.4, -0.2) is 48.3 Å². The lowest BCUT2D eigenvalue weighted by Crippen LogP contribution is -2.47. The number of aromatic carboxylic acids is 1. The van der Waals surface area contributed by atoms with E-state index < -0.39 is 5.97 Å². The number of carbonyl (C=O) groups excluding carboxylic acids is 1. The minimum atomic E-state index is -0.958. The molecule has 0 fully saturated rings. The van der Waals surface area contributed by atoms with Crippen LogP contribution in [0.25, 0.3) is 0 Å². The highest BCUT2D eigenvalue weighted by atomic mass is 16.5. The standard InChI is InChI=1S/C17H26N2O4/c1-4-15(5-2)19(10-11-23-3)17(22)18-12-13-6-8-14(9-7-13)16(20)21/h6-9,15H,4-5,10-12H2,1-3H3,(H,18,22)(H,20,21). The lowest BCUT2D eigenvalue weighted by molar-refractivity contribution is 0.0697. The van der Waals surface area contributed by atoms with Crippen LogP contribution in [0.5, 0.6) is 0 Å². The van der Waals surface area contributed by atoms with Crippen molar-refractivity contribution in [3.05, 3.63) is 35.4 Å². The molecule has 0 unspecified atom stereocenters. The quantitative estimate of drug-likeness (QED) is 0.733. The van der Waals surface area contributed by atoms with Gasteiger partial charge in [0.05, 0.1) is 12.2 Å². The van der Waals surface area contributed by atoms with E-state index in [4.69, 9.17) is 9.84 Å². The number of benzene rings is 1. The largest absolute Gasteiger partial charge is 0.478 e. The van der Waals surface area contributed by atoms with Crippen molar-refractivity contribution in [2.75, 3.05) is 20.3 Å². The van der Waals surface area contributed by atoms with Gasteiger partial charge in [-0.25, -0.2) is 9.59 Å². The summed E-state index contributed by atoms with van der Waals surface area (Å²) < 4.78 is 5.08. The molecule has 128 valence electrons. The lowest BCUT2D eigenvalue weighted by atomic mass is 10.1. The van der Waals surface area contributed by atoms with E-state index in [0.29, 0.717) is 19.7 Å². The van der Waals surface area contributed by atoms with Crippen molar-refractivity contribution >= 4 is 12.0 Å². The molecule has 0 radical (unpaired) electrons. The monoisotopic (exact) mass is 322 g/mol. The van der Waals surface area contributed by atoms with Gasteiger partial charge in [0.2, 0.25) is 0 Å². The average Bonchev–Trinajstić information content (AvgIpc) is 2.56. The number of carboxylic acids is 1. The van der Waals surface area contributed by atoms with Crippen LogP contribution in [0.4, 0.5) is 4.79 Å². The van der Waals surface area contributed by atoms with Crippen molar-refractivity contribution in [1.82, 2.24) is 10.2 Å². The number of carbonyl (C=O) groups is 2. The Hall–Kier alpha value is -2.08. The Morgan fingerprint density at radius 1 is 1.22 bits per heavy atom. The van der Waals surface area contributed by atoms with Crippen molar-refractivity contribution in [1.29, 1.82) is 0 Å². The molecule has 0 aliphatic heterocycles. The van der Waals surface area contributed by atoms with Gasteiger partial charge in [0.25, 0.3) is 0 Å². The number of hydrogen-bond acceptors (Lipinski definition) is 3. The minimum absolute atomic E-state index is 0.127. The first-order valence-corrected chi connectivity index (χ1v) is 7.89. The molecule has 1 rings (SSSR count). The van der Waals surface area contributed by atoms with Crippen molar-refractivity contribution in [3.8, 4) is 0 Å². The van der Waals surface area contributed by atoms with Crippen LogP contribution in [0.15, 0.2) is 24.3 Å². The SMILES string of the molecule is CCC(CC)N(CCOC)C(=O)NCc1ccc(C(=O)O)cc1. The molecule has 0 aromatic heterocycles. The predicted molar refractivity (Wildman–Crippen MR) is 88.6 cm³/mol. The Labute approximate surface area is 137 Å². The number of urea groups is 1. The van der Waals surface area contributed by atoms with Crippen LogP contribution < -0.4 is 5.32 Å². The number of ether oxygens (including phenoxy) is 1. The van der Waals surface area contributed by atoms with E-state index >= 15 is 0 Å². The summed E-state index contributed by atoms with van der Waals surface area (Å²) in [6.07, 6.45) is 1.78. The maximum atomic E-state index is 12.4. The molecule has 2 amide bonds. The van der Waals surface area contributed by atoms with E-state index in [1.54, 1.807) is 24.1 Å². The van der Waals surface area contributed by atoms with Crippen molar-refractivity contribution < 1.29 is 19.4 Å². The molecule has 0 atom stereocenters. The number of carboxylic acid groups (broad SMARTS) is 1. The molecule has 2 N–H and O–H groups in total. The maximum absolute atomic E-state index is 12.4. The Morgan fingerprint density at radius 2 is 1.83 bits per heavy atom. The normalized spacial score (nSPS) is 10.6. The highest BCUT2D eigenvalue weighted by Gasteiger charge is 2.20. The molecule has 0 spiro atoms. The summed E-state index contributed by atoms with van der Waals surface area (Å²) in [5.74, 6) is -0.958. The second-order valence-corrected chi connectivity index (χ2v) is 5.32. The first kappa shape index (κ1) is 19.0. The summed E-state index contributed by atoms with van der Waals surface area (Å²) >= 11 is 0. The van der Waals surface area contributed by atoms with Crippen LogP contribution >= 0.6 is 0 Å². The molecule has 23 heavy (non-hydrogen) atoms. The van der Waals surface area contributed by atoms with Gasteiger partial charge in [0.15, 0.2) is 0 Å². The molecular formula is C17H26N2O4. The maximum Gasteiger partial charge on any atom is 0.335 e. The average molecular weight is 322 g/mol. The first-order valence-electron chi connectivity index (χ1n) is 7.89. The van der Waals surface area contributed by atoms with Crippen LogP contribution in [0, 0.1) is 0 Å². The van der Waals surface area contributed by atoms with Crippen LogP contribution in [0.2, 0.25) is 0 Å². The molecular weight excluding hydrogens is 296 g/mol. The van der Waals surface area contributed by atoms with Crippen LogP contribution in [-0.2, 0) is 11.3 Å². The highest BCUT2D eigenvalue weighted by molar-refractivity contribution is 5.87. The summed E-state index contributed by atoms with van der Waals surface area (Å²) in [7, 11) is 1.62. The fraction of sp³-hybridized carbons (Fsp3) is 0.529. The number of amides is 2. The van der Waals surface area contributed by atoms with E-state index in [9.17, 15) is 9.59 Å². The van der Waals surface area contributed by atoms with Gasteiger partial charge < -0.3 is 20.1 Å². The molecule has 0 bridgehead atoms. The topological polar surface area (TPSA) is 78.9 Å². The van der Waals surface area contributed by atoms with Crippen molar-refractivity contribution in [3.63, 3.8) is 0 Å². The Balaban J connectivity index is 2.64. The smallest absolute Gasteiger partial charge is 0.335 e. The van der Waals surface area contributed by atoms with E-state index in [1.807, 2.05) is 0 Å². The third-order valence-electron chi connectivity index (χ3n) is 3.83. The summed E-state index contributed by atoms with van der Waals surface area (Å²) in [5.41, 5.74) is 1.10. The molecule has 0 aliphatic rings. The van der Waals surface area contributed by atoms with Gasteiger partial charge in [-0.2, -0.15) is 0 Å². The van der Waals surface area contributed by atoms with Crippen LogP contribution in [0.1, 0.15) is 42.6 Å². The zero-order valence-corrected chi connectivity index (χ0v) is 14.0. The van der Waals surface area contributed by atoms with Gasteiger partial charge in [-0.05, 0) is 30.5 Å². The van der Waals surface area contributed by atoms with E-state index in [0.717, 1.165) is 18.4 Å². The third kappa shape index (κ3) is 5.90. The zero-order chi connectivity index (χ0) is 17.2. The molecule has 0 aliphatic carbocycles. The Kier molecular flexibility index (Phi) is 8.11. The Bertz CT molecular complexity index is 498. The van der Waals surface area contributed by atoms with Gasteiger partial charge in [-0.15, -0.1) is 0 Å². The Morgan fingerprint density at radius 3 is 2.30 bits per heavy atom. The molecule has 0 heterocycles. The zero-order valence-electron chi connectivity index (χ0n) is 14.0. The minimum Gasteiger partial charge on any atom is -0.478 e. The number of nitrogens with zero attached hydrogens (tertiary/aromatic N) is 1. The summed E-state index contributed by atoms with van der Waals surface area (Å²) in [4.78, 5) is 25.0. The highest BCUT2D eigenvalue weighted by Crippen LogP contribution is 2.10. The van der Waals surface area contributed by atoms with Gasteiger partial charge in [0.1, 0.15) is 0 Å². The molecule has 0 saturated carbocycles.